The third-order valence-corrected chi connectivity index (χ3v) is 2.09. The fourth-order valence-electron chi connectivity index (χ4n) is 1.37. The average molecular weight is 284 g/mol. The molecule has 0 radical (unpaired) electrons. The Bertz CT molecular complexity index is 622. The maximum Gasteiger partial charge on any atom is 0.387 e. The first-order valence-electron chi connectivity index (χ1n) is 4.94. The van der Waals surface area contributed by atoms with Crippen molar-refractivity contribution in [3.8, 4) is 11.8 Å². The van der Waals surface area contributed by atoms with Gasteiger partial charge in [-0.05, 0) is 12.1 Å². The van der Waals surface area contributed by atoms with Gasteiger partial charge < -0.3 is 9.84 Å². The Kier molecular flexibility index (Phi) is 4.69. The topological polar surface area (TPSA) is 113 Å². The zero-order valence-electron chi connectivity index (χ0n) is 9.62. The number of rotatable bonds is 5. The van der Waals surface area contributed by atoms with Gasteiger partial charge in [0.1, 0.15) is 6.07 Å². The minimum Gasteiger partial charge on any atom is -0.478 e. The van der Waals surface area contributed by atoms with Crippen LogP contribution in [0.4, 0.5) is 14.5 Å². The maximum atomic E-state index is 12.3. The lowest BCUT2D eigenvalue weighted by molar-refractivity contribution is -0.385. The second-order valence-corrected chi connectivity index (χ2v) is 3.29. The van der Waals surface area contributed by atoms with Crippen LogP contribution in [-0.4, -0.2) is 22.6 Å². The van der Waals surface area contributed by atoms with Crippen molar-refractivity contribution in [2.75, 3.05) is 0 Å². The van der Waals surface area contributed by atoms with Crippen molar-refractivity contribution < 1.29 is 28.3 Å². The molecule has 0 unspecified atom stereocenters. The van der Waals surface area contributed by atoms with E-state index >= 15 is 0 Å². The van der Waals surface area contributed by atoms with E-state index in [0.29, 0.717) is 6.08 Å². The zero-order chi connectivity index (χ0) is 15.3. The van der Waals surface area contributed by atoms with Gasteiger partial charge in [0.15, 0.2) is 5.75 Å². The summed E-state index contributed by atoms with van der Waals surface area (Å²) in [5.74, 6) is -2.18. The van der Waals surface area contributed by atoms with Gasteiger partial charge in [-0.2, -0.15) is 14.0 Å². The molecule has 0 bridgehead atoms. The highest BCUT2D eigenvalue weighted by atomic mass is 19.3. The van der Waals surface area contributed by atoms with Crippen LogP contribution in [0.15, 0.2) is 18.2 Å². The molecular weight excluding hydrogens is 278 g/mol. The summed E-state index contributed by atoms with van der Waals surface area (Å²) in [4.78, 5) is 20.3. The monoisotopic (exact) mass is 284 g/mol. The molecule has 0 atom stereocenters. The molecule has 1 aromatic rings. The molecule has 0 heterocycles. The fraction of sp³-hybridized carbons (Fsp3) is 0.0909. The van der Waals surface area contributed by atoms with Crippen molar-refractivity contribution in [2.45, 2.75) is 6.61 Å². The predicted octanol–water partition coefficient (Wildman–Crippen LogP) is 2.17. The molecule has 1 N–H and O–H groups in total. The van der Waals surface area contributed by atoms with Gasteiger partial charge in [0.05, 0.1) is 16.1 Å². The molecule has 0 aromatic heterocycles. The largest absolute Gasteiger partial charge is 0.478 e. The Morgan fingerprint density at radius 1 is 1.55 bits per heavy atom. The summed E-state index contributed by atoms with van der Waals surface area (Å²) in [7, 11) is 0. The second kappa shape index (κ2) is 6.24. The molecule has 0 fully saturated rings. The van der Waals surface area contributed by atoms with Gasteiger partial charge in [-0.25, -0.2) is 4.79 Å². The smallest absolute Gasteiger partial charge is 0.387 e. The van der Waals surface area contributed by atoms with Crippen LogP contribution in [0.25, 0.3) is 6.08 Å². The van der Waals surface area contributed by atoms with Crippen molar-refractivity contribution in [1.82, 2.24) is 0 Å². The number of halogens is 2. The zero-order valence-corrected chi connectivity index (χ0v) is 9.62. The van der Waals surface area contributed by atoms with Gasteiger partial charge >= 0.3 is 12.6 Å². The van der Waals surface area contributed by atoms with Crippen LogP contribution in [-0.2, 0) is 4.79 Å². The average Bonchev–Trinajstić information content (AvgIpc) is 2.35. The number of benzene rings is 1. The number of nitriles is 1. The number of nitro benzene ring substituents is 1. The SMILES string of the molecule is N#Cc1ccc([N+](=O)[O-])c(/C=C/C(=O)O)c1OC(F)F. The van der Waals surface area contributed by atoms with E-state index in [4.69, 9.17) is 10.4 Å². The summed E-state index contributed by atoms with van der Waals surface area (Å²) < 4.78 is 28.7. The molecule has 0 saturated heterocycles. The second-order valence-electron chi connectivity index (χ2n) is 3.29. The lowest BCUT2D eigenvalue weighted by Gasteiger charge is -2.10. The van der Waals surface area contributed by atoms with Gasteiger partial charge in [0, 0.05) is 12.1 Å². The highest BCUT2D eigenvalue weighted by Crippen LogP contribution is 2.34. The molecular formula is C11H6F2N2O5. The number of carboxylic acid groups (broad SMARTS) is 1. The van der Waals surface area contributed by atoms with E-state index in [1.807, 2.05) is 0 Å². The molecule has 1 rings (SSSR count). The molecule has 104 valence electrons. The molecule has 0 saturated carbocycles. The Hall–Kier alpha value is -3.02. The number of ether oxygens (including phenoxy) is 1. The number of aliphatic carboxylic acids is 1. The molecule has 0 amide bonds. The van der Waals surface area contributed by atoms with E-state index in [0.717, 1.165) is 18.2 Å². The van der Waals surface area contributed by atoms with E-state index in [-0.39, 0.29) is 5.56 Å². The number of hydrogen-bond acceptors (Lipinski definition) is 5. The van der Waals surface area contributed by atoms with E-state index in [9.17, 15) is 23.7 Å². The highest BCUT2D eigenvalue weighted by Gasteiger charge is 2.22. The maximum absolute atomic E-state index is 12.3. The standard InChI is InChI=1S/C11H6F2N2O5/c12-11(13)20-10-6(5-14)1-3-8(15(18)19)7(10)2-4-9(16)17/h1-4,11H,(H,16,17)/b4-2+. The number of alkyl halides is 2. The molecule has 0 aliphatic heterocycles. The van der Waals surface area contributed by atoms with Crippen LogP contribution < -0.4 is 4.74 Å². The third kappa shape index (κ3) is 3.49. The summed E-state index contributed by atoms with van der Waals surface area (Å²) in [6, 6.07) is 3.37. The van der Waals surface area contributed by atoms with Crippen LogP contribution in [0.2, 0.25) is 0 Å². The van der Waals surface area contributed by atoms with Gasteiger partial charge in [0.25, 0.3) is 5.69 Å². The minimum absolute atomic E-state index is 0.374. The van der Waals surface area contributed by atoms with Crippen molar-refractivity contribution in [3.63, 3.8) is 0 Å². The summed E-state index contributed by atoms with van der Waals surface area (Å²) in [6.07, 6.45) is 1.24. The highest BCUT2D eigenvalue weighted by molar-refractivity contribution is 5.87. The quantitative estimate of drug-likeness (QED) is 0.503. The molecule has 0 aliphatic carbocycles. The summed E-state index contributed by atoms with van der Waals surface area (Å²) in [6.45, 7) is -3.32. The third-order valence-electron chi connectivity index (χ3n) is 2.09. The summed E-state index contributed by atoms with van der Waals surface area (Å²) in [5, 5.41) is 28.1. The minimum atomic E-state index is -3.32. The fourth-order valence-corrected chi connectivity index (χ4v) is 1.37. The number of hydrogen-bond donors (Lipinski definition) is 1. The number of carboxylic acids is 1. The Labute approximate surface area is 110 Å². The lowest BCUT2D eigenvalue weighted by atomic mass is 10.1. The molecule has 7 nitrogen and oxygen atoms in total. The van der Waals surface area contributed by atoms with Crippen LogP contribution in [0.5, 0.6) is 5.75 Å². The van der Waals surface area contributed by atoms with Gasteiger partial charge in [-0.15, -0.1) is 0 Å². The van der Waals surface area contributed by atoms with Crippen molar-refractivity contribution >= 4 is 17.7 Å². The molecule has 0 aliphatic rings. The molecule has 9 heteroatoms. The summed E-state index contributed by atoms with van der Waals surface area (Å²) >= 11 is 0. The number of nitro groups is 1. The Morgan fingerprint density at radius 3 is 2.65 bits per heavy atom. The van der Waals surface area contributed by atoms with E-state index in [1.165, 1.54) is 6.07 Å². The normalized spacial score (nSPS) is 10.5. The van der Waals surface area contributed by atoms with Crippen LogP contribution >= 0.6 is 0 Å². The van der Waals surface area contributed by atoms with E-state index < -0.39 is 34.5 Å². The summed E-state index contributed by atoms with van der Waals surface area (Å²) in [5.41, 5.74) is -1.55. The first-order valence-corrected chi connectivity index (χ1v) is 4.94. The molecule has 1 aromatic carbocycles. The van der Waals surface area contributed by atoms with Crippen LogP contribution in [0, 0.1) is 21.4 Å². The first-order chi connectivity index (χ1) is 9.36. The van der Waals surface area contributed by atoms with Crippen molar-refractivity contribution in [3.05, 3.63) is 39.4 Å². The number of nitrogens with zero attached hydrogens (tertiary/aromatic N) is 2. The van der Waals surface area contributed by atoms with E-state index in [1.54, 1.807) is 0 Å². The first kappa shape index (κ1) is 15.0. The van der Waals surface area contributed by atoms with E-state index in [2.05, 4.69) is 4.74 Å². The Morgan fingerprint density at radius 2 is 2.20 bits per heavy atom. The van der Waals surface area contributed by atoms with Crippen molar-refractivity contribution in [2.24, 2.45) is 0 Å². The number of carbonyl (C=O) groups is 1. The molecule has 20 heavy (non-hydrogen) atoms. The van der Waals surface area contributed by atoms with Gasteiger partial charge in [0.2, 0.25) is 0 Å². The van der Waals surface area contributed by atoms with Crippen LogP contribution in [0.3, 0.4) is 0 Å². The Balaban J connectivity index is 3.56. The van der Waals surface area contributed by atoms with Gasteiger partial charge in [-0.1, -0.05) is 0 Å². The van der Waals surface area contributed by atoms with Crippen LogP contribution in [0.1, 0.15) is 11.1 Å². The van der Waals surface area contributed by atoms with Gasteiger partial charge in [-0.3, -0.25) is 10.1 Å². The lowest BCUT2D eigenvalue weighted by Crippen LogP contribution is -2.07. The molecule has 0 spiro atoms. The van der Waals surface area contributed by atoms with Crippen molar-refractivity contribution in [1.29, 1.82) is 5.26 Å². The predicted molar refractivity (Wildman–Crippen MR) is 61.1 cm³/mol.